The molecule has 1 aliphatic heterocycles. The molecule has 1 unspecified atom stereocenters. The van der Waals surface area contributed by atoms with Crippen molar-refractivity contribution in [2.45, 2.75) is 45.6 Å². The first-order valence-electron chi connectivity index (χ1n) is 9.92. The number of ether oxygens (including phenoxy) is 1. The van der Waals surface area contributed by atoms with Crippen molar-refractivity contribution in [1.29, 1.82) is 0 Å². The van der Waals surface area contributed by atoms with Crippen LogP contribution in [0.5, 0.6) is 0 Å². The number of aromatic nitrogens is 1. The molecule has 0 radical (unpaired) electrons. The van der Waals surface area contributed by atoms with Crippen molar-refractivity contribution in [3.05, 3.63) is 51.5 Å². The summed E-state index contributed by atoms with van der Waals surface area (Å²) in [5, 5.41) is 6.31. The molecule has 6 heteroatoms. The molecule has 0 saturated carbocycles. The largest absolute Gasteiger partial charge is 0.379 e. The molecule has 3 rings (SSSR count). The van der Waals surface area contributed by atoms with Crippen molar-refractivity contribution in [2.24, 2.45) is 0 Å². The van der Waals surface area contributed by atoms with E-state index in [1.54, 1.807) is 11.3 Å². The van der Waals surface area contributed by atoms with Crippen LogP contribution in [0.2, 0.25) is 0 Å². The summed E-state index contributed by atoms with van der Waals surface area (Å²) in [7, 11) is 0. The fourth-order valence-corrected chi connectivity index (χ4v) is 4.12. The summed E-state index contributed by atoms with van der Waals surface area (Å²) in [5.41, 5.74) is 3.22. The van der Waals surface area contributed by atoms with Crippen LogP contribution in [-0.4, -0.2) is 48.6 Å². The van der Waals surface area contributed by atoms with E-state index in [0.717, 1.165) is 49.1 Å². The van der Waals surface area contributed by atoms with Crippen LogP contribution in [0.15, 0.2) is 29.6 Å². The number of hydrogen-bond donors (Lipinski definition) is 1. The molecule has 1 aromatic carbocycles. The molecule has 0 aliphatic carbocycles. The zero-order valence-electron chi connectivity index (χ0n) is 17.3. The van der Waals surface area contributed by atoms with Gasteiger partial charge in [0.25, 0.3) is 0 Å². The number of rotatable bonds is 6. The smallest absolute Gasteiger partial charge is 0.226 e. The Kier molecular flexibility index (Phi) is 6.86. The molecule has 2 aromatic rings. The lowest BCUT2D eigenvalue weighted by Crippen LogP contribution is -2.43. The van der Waals surface area contributed by atoms with Gasteiger partial charge in [-0.2, -0.15) is 0 Å². The highest BCUT2D eigenvalue weighted by Gasteiger charge is 2.22. The fourth-order valence-electron chi connectivity index (χ4n) is 3.22. The maximum atomic E-state index is 12.8. The zero-order valence-corrected chi connectivity index (χ0v) is 18.1. The first kappa shape index (κ1) is 21.0. The van der Waals surface area contributed by atoms with Crippen LogP contribution in [0.3, 0.4) is 0 Å². The fraction of sp³-hybridized carbons (Fsp3) is 0.545. The van der Waals surface area contributed by atoms with Gasteiger partial charge in [0.2, 0.25) is 5.91 Å². The molecule has 1 atom stereocenters. The molecule has 152 valence electrons. The van der Waals surface area contributed by atoms with Crippen molar-refractivity contribution < 1.29 is 9.53 Å². The molecule has 1 aliphatic rings. The number of morpholine rings is 1. The van der Waals surface area contributed by atoms with E-state index in [0.29, 0.717) is 6.42 Å². The molecule has 1 aromatic heterocycles. The third-order valence-corrected chi connectivity index (χ3v) is 6.21. The Labute approximate surface area is 172 Å². The van der Waals surface area contributed by atoms with Crippen molar-refractivity contribution in [1.82, 2.24) is 15.2 Å². The van der Waals surface area contributed by atoms with Crippen molar-refractivity contribution in [3.8, 4) is 0 Å². The lowest BCUT2D eigenvalue weighted by atomic mass is 9.98. The lowest BCUT2D eigenvalue weighted by Gasteiger charge is -2.31. The van der Waals surface area contributed by atoms with E-state index in [4.69, 9.17) is 4.74 Å². The van der Waals surface area contributed by atoms with Gasteiger partial charge in [0.1, 0.15) is 0 Å². The number of thiazole rings is 1. The van der Waals surface area contributed by atoms with E-state index >= 15 is 0 Å². The first-order chi connectivity index (χ1) is 13.3. The SMILES string of the molecule is Cc1ccc(C(CN2CCOCC2)NC(=O)Cc2csc(C(C)(C)C)n2)cc1. The first-order valence-corrected chi connectivity index (χ1v) is 10.8. The predicted molar refractivity (Wildman–Crippen MR) is 114 cm³/mol. The number of carbonyl (C=O) groups is 1. The molecule has 5 nitrogen and oxygen atoms in total. The number of amides is 1. The summed E-state index contributed by atoms with van der Waals surface area (Å²) in [5.74, 6) is 0.0181. The minimum absolute atomic E-state index is 0.0140. The van der Waals surface area contributed by atoms with Crippen LogP contribution in [0.25, 0.3) is 0 Å². The van der Waals surface area contributed by atoms with Crippen LogP contribution in [0.1, 0.15) is 48.6 Å². The van der Waals surface area contributed by atoms with Crippen LogP contribution in [0, 0.1) is 6.92 Å². The van der Waals surface area contributed by atoms with Gasteiger partial charge in [0, 0.05) is 30.4 Å². The summed E-state index contributed by atoms with van der Waals surface area (Å²) in [6.45, 7) is 12.6. The minimum atomic E-state index is -0.0353. The standard InChI is InChI=1S/C22H31N3O2S/c1-16-5-7-17(8-6-16)19(14-25-9-11-27-12-10-25)24-20(26)13-18-15-28-21(23-18)22(2,3)4/h5-8,15,19H,9-14H2,1-4H3,(H,24,26). The third kappa shape index (κ3) is 5.87. The van der Waals surface area contributed by atoms with E-state index in [1.807, 2.05) is 5.38 Å². The summed E-state index contributed by atoms with van der Waals surface area (Å²) in [6.07, 6.45) is 0.318. The molecular weight excluding hydrogens is 370 g/mol. The maximum Gasteiger partial charge on any atom is 0.226 e. The monoisotopic (exact) mass is 401 g/mol. The summed E-state index contributed by atoms with van der Waals surface area (Å²) >= 11 is 1.63. The van der Waals surface area contributed by atoms with Gasteiger partial charge >= 0.3 is 0 Å². The number of carbonyl (C=O) groups excluding carboxylic acids is 1. The van der Waals surface area contributed by atoms with Crippen LogP contribution in [-0.2, 0) is 21.4 Å². The second kappa shape index (κ2) is 9.16. The van der Waals surface area contributed by atoms with E-state index in [-0.39, 0.29) is 17.4 Å². The number of nitrogens with zero attached hydrogens (tertiary/aromatic N) is 2. The third-order valence-electron chi connectivity index (χ3n) is 4.89. The van der Waals surface area contributed by atoms with Gasteiger partial charge in [-0.15, -0.1) is 11.3 Å². The van der Waals surface area contributed by atoms with Crippen molar-refractivity contribution in [3.63, 3.8) is 0 Å². The van der Waals surface area contributed by atoms with Crippen LogP contribution >= 0.6 is 11.3 Å². The van der Waals surface area contributed by atoms with Gasteiger partial charge in [-0.3, -0.25) is 9.69 Å². The molecule has 2 heterocycles. The molecule has 1 fully saturated rings. The lowest BCUT2D eigenvalue weighted by molar-refractivity contribution is -0.121. The Balaban J connectivity index is 1.68. The maximum absolute atomic E-state index is 12.8. The van der Waals surface area contributed by atoms with Crippen LogP contribution < -0.4 is 5.32 Å². The van der Waals surface area contributed by atoms with E-state index in [2.05, 4.69) is 67.2 Å². The van der Waals surface area contributed by atoms with Crippen molar-refractivity contribution in [2.75, 3.05) is 32.8 Å². The predicted octanol–water partition coefficient (Wildman–Crippen LogP) is 3.48. The highest BCUT2D eigenvalue weighted by Crippen LogP contribution is 2.26. The minimum Gasteiger partial charge on any atom is -0.379 e. The quantitative estimate of drug-likeness (QED) is 0.805. The van der Waals surface area contributed by atoms with E-state index in [9.17, 15) is 4.79 Å². The van der Waals surface area contributed by atoms with Gasteiger partial charge < -0.3 is 10.1 Å². The number of benzene rings is 1. The number of nitrogens with one attached hydrogen (secondary N) is 1. The summed E-state index contributed by atoms with van der Waals surface area (Å²) in [6, 6.07) is 8.39. The normalized spacial score (nSPS) is 16.7. The molecule has 1 amide bonds. The second-order valence-corrected chi connectivity index (χ2v) is 9.37. The molecule has 28 heavy (non-hydrogen) atoms. The molecular formula is C22H31N3O2S. The zero-order chi connectivity index (χ0) is 20.1. The van der Waals surface area contributed by atoms with Gasteiger partial charge in [-0.25, -0.2) is 4.98 Å². The average Bonchev–Trinajstić information content (AvgIpc) is 3.11. The molecule has 0 spiro atoms. The molecule has 1 saturated heterocycles. The molecule has 1 N–H and O–H groups in total. The Bertz CT molecular complexity index is 774. The van der Waals surface area contributed by atoms with Crippen molar-refractivity contribution >= 4 is 17.2 Å². The topological polar surface area (TPSA) is 54.5 Å². The Morgan fingerprint density at radius 1 is 1.25 bits per heavy atom. The number of hydrogen-bond acceptors (Lipinski definition) is 5. The molecule has 0 bridgehead atoms. The van der Waals surface area contributed by atoms with Gasteiger partial charge in [-0.05, 0) is 12.5 Å². The van der Waals surface area contributed by atoms with E-state index < -0.39 is 0 Å². The van der Waals surface area contributed by atoms with Gasteiger partial charge in [0.15, 0.2) is 0 Å². The van der Waals surface area contributed by atoms with Gasteiger partial charge in [-0.1, -0.05) is 50.6 Å². The Hall–Kier alpha value is -1.76. The highest BCUT2D eigenvalue weighted by atomic mass is 32.1. The van der Waals surface area contributed by atoms with E-state index in [1.165, 1.54) is 5.56 Å². The Morgan fingerprint density at radius 2 is 1.93 bits per heavy atom. The van der Waals surface area contributed by atoms with Crippen LogP contribution in [0.4, 0.5) is 0 Å². The average molecular weight is 402 g/mol. The van der Waals surface area contributed by atoms with Gasteiger partial charge in [0.05, 0.1) is 36.4 Å². The summed E-state index contributed by atoms with van der Waals surface area (Å²) < 4.78 is 5.46. The number of aryl methyl sites for hydroxylation is 1. The Morgan fingerprint density at radius 3 is 2.54 bits per heavy atom. The summed E-state index contributed by atoms with van der Waals surface area (Å²) in [4.78, 5) is 19.8. The highest BCUT2D eigenvalue weighted by molar-refractivity contribution is 7.09. The second-order valence-electron chi connectivity index (χ2n) is 8.51.